The lowest BCUT2D eigenvalue weighted by Crippen LogP contribution is -2.41. The van der Waals surface area contributed by atoms with Crippen LogP contribution in [0, 0.1) is 0 Å². The van der Waals surface area contributed by atoms with E-state index in [1.807, 2.05) is 146 Å². The van der Waals surface area contributed by atoms with Gasteiger partial charge in [0.25, 0.3) is 0 Å². The maximum absolute atomic E-state index is 6.52. The Morgan fingerprint density at radius 1 is 0.279 bits per heavy atom. The number of benzene rings is 12. The average molecular weight is 1400 g/mol. The second-order valence-electron chi connectivity index (χ2n) is 26.5. The fraction of sp³-hybridized carbons (Fsp3) is 0.0667. The summed E-state index contributed by atoms with van der Waals surface area (Å²) < 4.78 is 17.5. The van der Waals surface area contributed by atoms with Gasteiger partial charge in [0.1, 0.15) is 0 Å². The standard InChI is InChI=1S/C42H26N4S.C33H30BN3O2.C15H8ClNS/c1-3-13-27(14-4-1)28-23-25-30(26-24-28)41-44-40(29-15-5-2-6-16-29)45-42(46-41)32-18-8-7-17-31(32)37-33-19-9-11-21-35(33)43-38-34-20-10-12-22-36(34)47-39(37)38;1-32(2)33(3,4)39-34(38-32)28-18-12-11-17-27(28)31-36-29(25-15-9-6-10-16-25)35-30(37-31)26-21-19-24(20-22-26)23-13-7-5-8-14-23;16-13-9-5-1-3-7-11(9)17-14-10-6-2-4-8-12(10)18-15(13)14/h1-26H;5-22H,1-4H3;1-8H. The van der Waals surface area contributed by atoms with Crippen LogP contribution in [0.1, 0.15) is 27.7 Å². The zero-order chi connectivity index (χ0) is 70.3. The van der Waals surface area contributed by atoms with Crippen LogP contribution in [-0.4, -0.2) is 58.2 Å². The van der Waals surface area contributed by atoms with Crippen LogP contribution in [0.4, 0.5) is 0 Å². The summed E-state index contributed by atoms with van der Waals surface area (Å²) in [5.74, 6) is 3.71. The van der Waals surface area contributed by atoms with E-state index < -0.39 is 18.3 Å². The van der Waals surface area contributed by atoms with E-state index in [0.29, 0.717) is 34.9 Å². The van der Waals surface area contributed by atoms with Crippen molar-refractivity contribution in [2.24, 2.45) is 0 Å². The van der Waals surface area contributed by atoms with E-state index >= 15 is 0 Å². The molecule has 12 aromatic carbocycles. The number of hydrogen-bond donors (Lipinski definition) is 0. The molecule has 104 heavy (non-hydrogen) atoms. The molecule has 498 valence electrons. The SMILES string of the molecule is CC1(C)OB(c2ccccc2-c2nc(-c3ccccc3)nc(-c3ccc(-c4ccccc4)cc3)n2)OC1(C)C.Clc1c2ccccc2nc2c1sc1ccccc12.c1ccc(-c2ccc(-c3nc(-c4ccccc4)nc(-c4ccccc4-c4c5ccccc5nc5c4sc4ccccc45)n3)cc2)cc1. The Morgan fingerprint density at radius 2 is 0.596 bits per heavy atom. The van der Waals surface area contributed by atoms with Crippen molar-refractivity contribution < 1.29 is 9.31 Å². The molecule has 18 aromatic rings. The molecule has 1 aliphatic rings. The van der Waals surface area contributed by atoms with Gasteiger partial charge in [0.15, 0.2) is 34.9 Å². The molecule has 14 heteroatoms. The Bertz CT molecular complexity index is 6190. The van der Waals surface area contributed by atoms with Gasteiger partial charge in [-0.2, -0.15) is 0 Å². The first kappa shape index (κ1) is 65.5. The van der Waals surface area contributed by atoms with Crippen molar-refractivity contribution in [2.75, 3.05) is 0 Å². The first-order valence-corrected chi connectivity index (χ1v) is 36.5. The highest BCUT2D eigenvalue weighted by Crippen LogP contribution is 2.46. The predicted octanol–water partition coefficient (Wildman–Crippen LogP) is 23.2. The first-order chi connectivity index (χ1) is 50.9. The van der Waals surface area contributed by atoms with Crippen molar-refractivity contribution in [3.8, 4) is 102 Å². The lowest BCUT2D eigenvalue weighted by molar-refractivity contribution is 0.00578. The second-order valence-corrected chi connectivity index (χ2v) is 28.9. The van der Waals surface area contributed by atoms with Gasteiger partial charge in [-0.3, -0.25) is 0 Å². The number of aromatic nitrogens is 8. The quantitative estimate of drug-likeness (QED) is 0.122. The fourth-order valence-electron chi connectivity index (χ4n) is 13.2. The lowest BCUT2D eigenvalue weighted by atomic mass is 9.75. The molecule has 10 nitrogen and oxygen atoms in total. The number of para-hydroxylation sites is 2. The number of halogens is 1. The van der Waals surface area contributed by atoms with E-state index in [1.165, 1.54) is 31.3 Å². The first-order valence-electron chi connectivity index (χ1n) is 34.5. The van der Waals surface area contributed by atoms with Crippen LogP contribution in [0.3, 0.4) is 0 Å². The lowest BCUT2D eigenvalue weighted by Gasteiger charge is -2.32. The van der Waals surface area contributed by atoms with E-state index in [2.05, 4.69) is 198 Å². The minimum Gasteiger partial charge on any atom is -0.399 e. The summed E-state index contributed by atoms with van der Waals surface area (Å²) in [4.78, 5) is 40.0. The molecular weight excluding hydrogens is 1340 g/mol. The highest BCUT2D eigenvalue weighted by molar-refractivity contribution is 7.26. The molecule has 19 rings (SSSR count). The van der Waals surface area contributed by atoms with Crippen molar-refractivity contribution in [1.82, 2.24) is 39.9 Å². The van der Waals surface area contributed by atoms with Crippen LogP contribution < -0.4 is 5.46 Å². The normalized spacial score (nSPS) is 13.1. The van der Waals surface area contributed by atoms with Gasteiger partial charge in [0, 0.05) is 69.9 Å². The number of hydrogen-bond acceptors (Lipinski definition) is 12. The maximum Gasteiger partial charge on any atom is 0.495 e. The van der Waals surface area contributed by atoms with Crippen molar-refractivity contribution >= 4 is 109 Å². The molecule has 0 aliphatic carbocycles. The summed E-state index contributed by atoms with van der Waals surface area (Å²) in [6, 6.07) is 107. The summed E-state index contributed by atoms with van der Waals surface area (Å²) in [7, 11) is -0.531. The van der Waals surface area contributed by atoms with Gasteiger partial charge in [-0.25, -0.2) is 39.9 Å². The van der Waals surface area contributed by atoms with Crippen LogP contribution >= 0.6 is 34.3 Å². The van der Waals surface area contributed by atoms with E-state index in [0.717, 1.165) is 108 Å². The topological polar surface area (TPSA) is 122 Å². The third kappa shape index (κ3) is 12.8. The molecule has 0 bridgehead atoms. The Kier molecular flexibility index (Phi) is 17.5. The van der Waals surface area contributed by atoms with Gasteiger partial charge in [0.05, 0.1) is 47.7 Å². The third-order valence-electron chi connectivity index (χ3n) is 19.3. The molecule has 1 saturated heterocycles. The Morgan fingerprint density at radius 3 is 1.09 bits per heavy atom. The molecular formula is C90H64BClN8O2S2. The van der Waals surface area contributed by atoms with Crippen LogP contribution in [-0.2, 0) is 9.31 Å². The van der Waals surface area contributed by atoms with Crippen molar-refractivity contribution in [2.45, 2.75) is 38.9 Å². The minimum absolute atomic E-state index is 0.454. The highest BCUT2D eigenvalue weighted by atomic mass is 35.5. The van der Waals surface area contributed by atoms with Gasteiger partial charge >= 0.3 is 7.12 Å². The molecule has 0 N–H and O–H groups in total. The number of fused-ring (bicyclic) bond motifs is 8. The van der Waals surface area contributed by atoms with E-state index in [1.54, 1.807) is 22.7 Å². The summed E-state index contributed by atoms with van der Waals surface area (Å²) in [5.41, 5.74) is 16.3. The van der Waals surface area contributed by atoms with Crippen LogP contribution in [0.15, 0.2) is 315 Å². The summed E-state index contributed by atoms with van der Waals surface area (Å²) >= 11 is 10.0. The molecule has 0 atom stereocenters. The summed E-state index contributed by atoms with van der Waals surface area (Å²) in [5, 5.41) is 5.30. The van der Waals surface area contributed by atoms with Gasteiger partial charge in [-0.1, -0.05) is 303 Å². The average Bonchev–Trinajstić information content (AvgIpc) is 1.47. The van der Waals surface area contributed by atoms with Crippen molar-refractivity contribution in [1.29, 1.82) is 0 Å². The summed E-state index contributed by atoms with van der Waals surface area (Å²) in [6.07, 6.45) is 0. The Balaban J connectivity index is 0.000000126. The monoisotopic (exact) mass is 1400 g/mol. The Hall–Kier alpha value is -11.8. The molecule has 1 aliphatic heterocycles. The molecule has 0 spiro atoms. The molecule has 0 radical (unpaired) electrons. The van der Waals surface area contributed by atoms with Crippen LogP contribution in [0.2, 0.25) is 5.02 Å². The van der Waals surface area contributed by atoms with Gasteiger partial charge in [-0.15, -0.1) is 22.7 Å². The van der Waals surface area contributed by atoms with E-state index in [9.17, 15) is 0 Å². The summed E-state index contributed by atoms with van der Waals surface area (Å²) in [6.45, 7) is 8.24. The maximum atomic E-state index is 6.52. The Labute approximate surface area is 615 Å². The molecule has 6 aromatic heterocycles. The zero-order valence-corrected chi connectivity index (χ0v) is 59.6. The molecule has 0 unspecified atom stereocenters. The largest absolute Gasteiger partial charge is 0.495 e. The zero-order valence-electron chi connectivity index (χ0n) is 57.2. The van der Waals surface area contributed by atoms with E-state index in [4.69, 9.17) is 60.8 Å². The van der Waals surface area contributed by atoms with Crippen LogP contribution in [0.25, 0.3) is 164 Å². The number of rotatable bonds is 10. The van der Waals surface area contributed by atoms with E-state index in [-0.39, 0.29) is 0 Å². The van der Waals surface area contributed by atoms with Crippen LogP contribution in [0.5, 0.6) is 0 Å². The third-order valence-corrected chi connectivity index (χ3v) is 22.2. The van der Waals surface area contributed by atoms with Gasteiger partial charge in [-0.05, 0) is 85.2 Å². The number of thiophene rings is 2. The highest BCUT2D eigenvalue weighted by Gasteiger charge is 2.52. The predicted molar refractivity (Wildman–Crippen MR) is 432 cm³/mol. The smallest absolute Gasteiger partial charge is 0.399 e. The van der Waals surface area contributed by atoms with Gasteiger partial charge < -0.3 is 9.31 Å². The molecule has 1 fully saturated rings. The number of nitrogens with zero attached hydrogens (tertiary/aromatic N) is 8. The van der Waals surface area contributed by atoms with Crippen molar-refractivity contribution in [3.05, 3.63) is 320 Å². The molecule has 7 heterocycles. The second kappa shape index (κ2) is 27.9. The minimum atomic E-state index is -0.531. The molecule has 0 saturated carbocycles. The van der Waals surface area contributed by atoms with Gasteiger partial charge in [0.2, 0.25) is 0 Å². The van der Waals surface area contributed by atoms with Crippen molar-refractivity contribution in [3.63, 3.8) is 0 Å². The molecule has 0 amide bonds. The fourth-order valence-corrected chi connectivity index (χ4v) is 15.9. The number of pyridine rings is 2.